The van der Waals surface area contributed by atoms with E-state index in [1.165, 1.54) is 32.6 Å². The van der Waals surface area contributed by atoms with Gasteiger partial charge in [0.15, 0.2) is 0 Å². The molecule has 1 aromatic carbocycles. The Labute approximate surface area is 135 Å². The van der Waals surface area contributed by atoms with E-state index in [2.05, 4.69) is 41.6 Å². The molecule has 0 aliphatic rings. The van der Waals surface area contributed by atoms with Crippen LogP contribution < -0.4 is 10.5 Å². The number of hydrogen-bond donors (Lipinski definition) is 2. The number of benzene rings is 1. The van der Waals surface area contributed by atoms with Gasteiger partial charge in [0.1, 0.15) is 5.75 Å². The summed E-state index contributed by atoms with van der Waals surface area (Å²) in [5.41, 5.74) is 10.7. The van der Waals surface area contributed by atoms with Crippen LogP contribution in [0.5, 0.6) is 5.75 Å². The van der Waals surface area contributed by atoms with Gasteiger partial charge in [0.2, 0.25) is 0 Å². The van der Waals surface area contributed by atoms with Crippen LogP contribution in [0.3, 0.4) is 0 Å². The number of thiophene rings is 1. The number of methoxy groups -OCH3 is 1. The van der Waals surface area contributed by atoms with Gasteiger partial charge in [-0.2, -0.15) is 0 Å². The number of unbranched alkanes of at least 4 members (excludes halogenated alkanes) is 1. The third kappa shape index (κ3) is 2.76. The minimum atomic E-state index is 0.749. The fraction of sp³-hybridized carbons (Fsp3) is 0.333. The van der Waals surface area contributed by atoms with Crippen molar-refractivity contribution in [2.45, 2.75) is 26.2 Å². The lowest BCUT2D eigenvalue weighted by Crippen LogP contribution is -1.99. The van der Waals surface area contributed by atoms with E-state index < -0.39 is 0 Å². The number of nitrogens with two attached hydrogens (primary N) is 1. The summed E-state index contributed by atoms with van der Waals surface area (Å²) in [5.74, 6) is 0.918. The number of aromatic amines is 1. The van der Waals surface area contributed by atoms with Crippen molar-refractivity contribution in [3.63, 3.8) is 0 Å². The molecule has 0 saturated heterocycles. The van der Waals surface area contributed by atoms with Crippen LogP contribution in [0.15, 0.2) is 29.6 Å². The van der Waals surface area contributed by atoms with Crippen LogP contribution in [0.2, 0.25) is 0 Å². The average molecular weight is 314 g/mol. The summed E-state index contributed by atoms with van der Waals surface area (Å²) in [7, 11) is 1.72. The molecular formula is C18H22N2OS. The van der Waals surface area contributed by atoms with Crippen molar-refractivity contribution in [1.29, 1.82) is 0 Å². The Morgan fingerprint density at radius 2 is 2.14 bits per heavy atom. The summed E-state index contributed by atoms with van der Waals surface area (Å²) in [4.78, 5) is 4.93. The highest BCUT2D eigenvalue weighted by Crippen LogP contribution is 2.37. The Kier molecular flexibility index (Phi) is 4.50. The average Bonchev–Trinajstić information content (AvgIpc) is 3.15. The number of H-pyrrole nitrogens is 1. The zero-order valence-corrected chi connectivity index (χ0v) is 13.9. The van der Waals surface area contributed by atoms with E-state index in [0.29, 0.717) is 0 Å². The van der Waals surface area contributed by atoms with Gasteiger partial charge in [-0.3, -0.25) is 0 Å². The number of rotatable bonds is 6. The van der Waals surface area contributed by atoms with Gasteiger partial charge >= 0.3 is 0 Å². The lowest BCUT2D eigenvalue weighted by atomic mass is 10.0. The molecular weight excluding hydrogens is 292 g/mol. The summed E-state index contributed by atoms with van der Waals surface area (Å²) in [6.45, 7) is 2.88. The summed E-state index contributed by atoms with van der Waals surface area (Å²) in [6.07, 6.45) is 3.20. The molecule has 0 unspecified atom stereocenters. The van der Waals surface area contributed by atoms with Gasteiger partial charge in [0.05, 0.1) is 17.7 Å². The molecule has 0 fully saturated rings. The Morgan fingerprint density at radius 3 is 2.82 bits per heavy atom. The molecule has 4 heteroatoms. The van der Waals surface area contributed by atoms with Crippen LogP contribution in [-0.2, 0) is 6.42 Å². The Balaban J connectivity index is 2.16. The van der Waals surface area contributed by atoms with Crippen LogP contribution in [0.4, 0.5) is 0 Å². The second kappa shape index (κ2) is 6.55. The standard InChI is InChI=1S/C18H22N2OS/c1-12-10-13(21-2)11-15-14(6-3-4-8-19)18(20-17(12)15)16-7-5-9-22-16/h5,7,9-11,20H,3-4,6,8,19H2,1-2H3. The van der Waals surface area contributed by atoms with Crippen LogP contribution in [0, 0.1) is 6.92 Å². The van der Waals surface area contributed by atoms with Gasteiger partial charge in [-0.25, -0.2) is 0 Å². The van der Waals surface area contributed by atoms with Gasteiger partial charge < -0.3 is 15.5 Å². The second-order valence-electron chi connectivity index (χ2n) is 5.57. The van der Waals surface area contributed by atoms with E-state index in [0.717, 1.165) is 31.6 Å². The van der Waals surface area contributed by atoms with E-state index in [1.54, 1.807) is 18.4 Å². The van der Waals surface area contributed by atoms with Gasteiger partial charge in [0, 0.05) is 10.9 Å². The van der Waals surface area contributed by atoms with E-state index in [9.17, 15) is 0 Å². The van der Waals surface area contributed by atoms with Crippen LogP contribution >= 0.6 is 11.3 Å². The fourth-order valence-corrected chi connectivity index (χ4v) is 3.70. The van der Waals surface area contributed by atoms with Crippen molar-refractivity contribution in [3.8, 4) is 16.3 Å². The summed E-state index contributed by atoms with van der Waals surface area (Å²) in [5, 5.41) is 3.40. The third-order valence-corrected chi connectivity index (χ3v) is 4.96. The molecule has 2 aromatic heterocycles. The van der Waals surface area contributed by atoms with E-state index in [1.807, 2.05) is 0 Å². The molecule has 0 aliphatic carbocycles. The molecule has 0 bridgehead atoms. The molecule has 0 spiro atoms. The number of fused-ring (bicyclic) bond motifs is 1. The third-order valence-electron chi connectivity index (χ3n) is 4.07. The Morgan fingerprint density at radius 1 is 1.27 bits per heavy atom. The SMILES string of the molecule is COc1cc(C)c2[nH]c(-c3cccs3)c(CCCCN)c2c1. The number of ether oxygens (including phenoxy) is 1. The van der Waals surface area contributed by atoms with Crippen LogP contribution in [0.25, 0.3) is 21.5 Å². The minimum Gasteiger partial charge on any atom is -0.497 e. The van der Waals surface area contributed by atoms with E-state index in [-0.39, 0.29) is 0 Å². The number of hydrogen-bond acceptors (Lipinski definition) is 3. The van der Waals surface area contributed by atoms with Crippen molar-refractivity contribution in [3.05, 3.63) is 40.8 Å². The molecule has 116 valence electrons. The smallest absolute Gasteiger partial charge is 0.119 e. The van der Waals surface area contributed by atoms with E-state index in [4.69, 9.17) is 10.5 Å². The first-order valence-corrected chi connectivity index (χ1v) is 8.55. The molecule has 2 heterocycles. The first-order chi connectivity index (χ1) is 10.7. The molecule has 0 amide bonds. The first kappa shape index (κ1) is 15.1. The highest BCUT2D eigenvalue weighted by Gasteiger charge is 2.16. The monoisotopic (exact) mass is 314 g/mol. The molecule has 3 rings (SSSR count). The van der Waals surface area contributed by atoms with Gasteiger partial charge in [-0.05, 0) is 67.4 Å². The van der Waals surface area contributed by atoms with Crippen molar-refractivity contribution >= 4 is 22.2 Å². The largest absolute Gasteiger partial charge is 0.497 e. The van der Waals surface area contributed by atoms with Gasteiger partial charge in [-0.15, -0.1) is 11.3 Å². The highest BCUT2D eigenvalue weighted by molar-refractivity contribution is 7.13. The molecule has 22 heavy (non-hydrogen) atoms. The highest BCUT2D eigenvalue weighted by atomic mass is 32.1. The zero-order chi connectivity index (χ0) is 15.5. The maximum absolute atomic E-state index is 5.66. The minimum absolute atomic E-state index is 0.749. The van der Waals surface area contributed by atoms with Gasteiger partial charge in [-0.1, -0.05) is 6.07 Å². The lowest BCUT2D eigenvalue weighted by Gasteiger charge is -2.05. The number of aryl methyl sites for hydroxylation is 2. The summed E-state index contributed by atoms with van der Waals surface area (Å²) >= 11 is 1.77. The topological polar surface area (TPSA) is 51.0 Å². The van der Waals surface area contributed by atoms with Crippen molar-refractivity contribution in [1.82, 2.24) is 4.98 Å². The quantitative estimate of drug-likeness (QED) is 0.658. The Hall–Kier alpha value is -1.78. The van der Waals surface area contributed by atoms with Crippen LogP contribution in [0.1, 0.15) is 24.0 Å². The molecule has 0 saturated carbocycles. The summed E-state index contributed by atoms with van der Waals surface area (Å²) in [6, 6.07) is 8.51. The molecule has 0 radical (unpaired) electrons. The maximum atomic E-state index is 5.66. The van der Waals surface area contributed by atoms with Crippen molar-refractivity contribution in [2.75, 3.05) is 13.7 Å². The zero-order valence-electron chi connectivity index (χ0n) is 13.1. The molecule has 0 atom stereocenters. The Bertz CT molecular complexity index is 759. The maximum Gasteiger partial charge on any atom is 0.119 e. The van der Waals surface area contributed by atoms with Crippen molar-refractivity contribution < 1.29 is 4.74 Å². The predicted molar refractivity (Wildman–Crippen MR) is 94.9 cm³/mol. The second-order valence-corrected chi connectivity index (χ2v) is 6.52. The predicted octanol–water partition coefficient (Wildman–Crippen LogP) is 4.49. The number of nitrogens with one attached hydrogen (secondary N) is 1. The summed E-state index contributed by atoms with van der Waals surface area (Å²) < 4.78 is 5.45. The number of aromatic nitrogens is 1. The van der Waals surface area contributed by atoms with Gasteiger partial charge in [0.25, 0.3) is 0 Å². The molecule has 0 aliphatic heterocycles. The lowest BCUT2D eigenvalue weighted by molar-refractivity contribution is 0.415. The molecule has 3 nitrogen and oxygen atoms in total. The van der Waals surface area contributed by atoms with Crippen LogP contribution in [-0.4, -0.2) is 18.6 Å². The van der Waals surface area contributed by atoms with Crippen molar-refractivity contribution in [2.24, 2.45) is 5.73 Å². The van der Waals surface area contributed by atoms with E-state index >= 15 is 0 Å². The fourth-order valence-electron chi connectivity index (χ4n) is 2.95. The first-order valence-electron chi connectivity index (χ1n) is 7.67. The molecule has 3 N–H and O–H groups in total. The molecule has 3 aromatic rings. The normalized spacial score (nSPS) is 11.2.